The number of ether oxygens (including phenoxy) is 3. The highest BCUT2D eigenvalue weighted by molar-refractivity contribution is 5.69. The van der Waals surface area contributed by atoms with Gasteiger partial charge in [0, 0.05) is 6.42 Å². The molecule has 10 N–H and O–H groups in total. The fourth-order valence-electron chi connectivity index (χ4n) is 4.97. The van der Waals surface area contributed by atoms with Gasteiger partial charge < -0.3 is 65.3 Å². The molecule has 1 rings (SSSR count). The van der Waals surface area contributed by atoms with E-state index in [-0.39, 0.29) is 6.42 Å². The fourth-order valence-corrected chi connectivity index (χ4v) is 4.97. The molecule has 0 aromatic heterocycles. The molecule has 14 heteroatoms. The monoisotopic (exact) mass is 642 g/mol. The number of carbonyl (C=O) groups excluding carboxylic acids is 1. The number of esters is 1. The van der Waals surface area contributed by atoms with E-state index in [9.17, 15) is 50.8 Å². The molecule has 0 aliphatic carbocycles. The summed E-state index contributed by atoms with van der Waals surface area (Å²) in [6.45, 7) is 0.140. The fraction of sp³-hybridized carbons (Fsp3) is 0.967. The third-order valence-electron chi connectivity index (χ3n) is 8.01. The zero-order chi connectivity index (χ0) is 33.1. The number of hydrogen-bond acceptors (Lipinski definition) is 14. The van der Waals surface area contributed by atoms with Crippen LogP contribution in [0.15, 0.2) is 0 Å². The average Bonchev–Trinajstić information content (AvgIpc) is 3.02. The minimum absolute atomic E-state index is 0.111. The van der Waals surface area contributed by atoms with Crippen molar-refractivity contribution in [3.05, 3.63) is 0 Å². The molecule has 1 heterocycles. The highest BCUT2D eigenvalue weighted by Gasteiger charge is 2.45. The van der Waals surface area contributed by atoms with Crippen LogP contribution in [-0.4, -0.2) is 144 Å². The van der Waals surface area contributed by atoms with Gasteiger partial charge in [-0.05, 0) is 19.3 Å². The summed E-state index contributed by atoms with van der Waals surface area (Å²) < 4.78 is 15.7. The summed E-state index contributed by atoms with van der Waals surface area (Å²) >= 11 is 0. The maximum absolute atomic E-state index is 12.2. The second-order valence-electron chi connectivity index (χ2n) is 11.8. The molecule has 5 unspecified atom stereocenters. The molecule has 11 atom stereocenters. The average molecular weight is 643 g/mol. The van der Waals surface area contributed by atoms with Crippen molar-refractivity contribution in [1.82, 2.24) is 0 Å². The molecule has 14 nitrogen and oxygen atoms in total. The first kappa shape index (κ1) is 41.0. The third kappa shape index (κ3) is 15.5. The van der Waals surface area contributed by atoms with Crippen LogP contribution in [0.2, 0.25) is 0 Å². The molecule has 0 saturated carbocycles. The minimum atomic E-state index is -1.91. The van der Waals surface area contributed by atoms with Crippen LogP contribution in [0.4, 0.5) is 0 Å². The van der Waals surface area contributed by atoms with E-state index < -0.39 is 93.1 Å². The van der Waals surface area contributed by atoms with E-state index in [1.807, 2.05) is 0 Å². The highest BCUT2D eigenvalue weighted by Crippen LogP contribution is 2.23. The third-order valence-corrected chi connectivity index (χ3v) is 8.01. The molecular weight excluding hydrogens is 584 g/mol. The van der Waals surface area contributed by atoms with E-state index in [2.05, 4.69) is 6.92 Å². The summed E-state index contributed by atoms with van der Waals surface area (Å²) in [6, 6.07) is 0. The molecular formula is C30H58O14. The Morgan fingerprint density at radius 2 is 1.20 bits per heavy atom. The number of unbranched alkanes of at least 4 members (excludes halogenated alkanes) is 9. The van der Waals surface area contributed by atoms with Gasteiger partial charge in [0.25, 0.3) is 0 Å². The topological polar surface area (TPSA) is 247 Å². The van der Waals surface area contributed by atoms with Crippen LogP contribution in [0.3, 0.4) is 0 Å². The molecule has 0 amide bonds. The predicted octanol–water partition coefficient (Wildman–Crippen LogP) is -1.01. The SMILES string of the molecule is CCCCCCCCC(O)C(O)CCCCCCCC(=O)OCC1O[C@H](OC[C@@H](O)[C@@H](O)[C@H](O)C(O)CO)C(O)[C@@H](O)[C@@H]1O. The van der Waals surface area contributed by atoms with Gasteiger partial charge in [-0.3, -0.25) is 4.79 Å². The summed E-state index contributed by atoms with van der Waals surface area (Å²) in [6.07, 6.45) is -4.84. The van der Waals surface area contributed by atoms with Crippen LogP contribution in [0.25, 0.3) is 0 Å². The molecule has 1 saturated heterocycles. The standard InChI is InChI=1S/C30H58O14/c1-2-3-4-5-7-10-13-19(32)20(33)14-11-8-6-9-12-15-24(36)42-18-23-27(39)28(40)29(41)30(44-23)43-17-22(35)26(38)25(37)21(34)16-31/h19-23,25-35,37-41H,2-18H2,1H3/t19?,20?,21?,22-,23?,25-,26-,27-,28+,29?,30+/m1/s1. The lowest BCUT2D eigenvalue weighted by molar-refractivity contribution is -0.307. The lowest BCUT2D eigenvalue weighted by Gasteiger charge is -2.40. The summed E-state index contributed by atoms with van der Waals surface area (Å²) in [5.41, 5.74) is 0. The van der Waals surface area contributed by atoms with E-state index in [1.54, 1.807) is 0 Å². The van der Waals surface area contributed by atoms with E-state index in [4.69, 9.17) is 19.3 Å². The van der Waals surface area contributed by atoms with Gasteiger partial charge in [-0.25, -0.2) is 0 Å². The van der Waals surface area contributed by atoms with Gasteiger partial charge in [0.05, 0.1) is 25.4 Å². The van der Waals surface area contributed by atoms with Gasteiger partial charge in [-0.2, -0.15) is 0 Å². The van der Waals surface area contributed by atoms with Gasteiger partial charge in [0.1, 0.15) is 55.4 Å². The van der Waals surface area contributed by atoms with Crippen molar-refractivity contribution in [2.75, 3.05) is 19.8 Å². The molecule has 0 bridgehead atoms. The van der Waals surface area contributed by atoms with Crippen molar-refractivity contribution < 1.29 is 70.1 Å². The van der Waals surface area contributed by atoms with Crippen LogP contribution in [0, 0.1) is 0 Å². The van der Waals surface area contributed by atoms with Crippen molar-refractivity contribution in [3.8, 4) is 0 Å². The second kappa shape index (κ2) is 23.3. The molecule has 1 fully saturated rings. The van der Waals surface area contributed by atoms with Crippen LogP contribution >= 0.6 is 0 Å². The first-order valence-electron chi connectivity index (χ1n) is 16.1. The summed E-state index contributed by atoms with van der Waals surface area (Å²) in [5.74, 6) is -0.554. The van der Waals surface area contributed by atoms with Gasteiger partial charge in [-0.1, -0.05) is 71.1 Å². The summed E-state index contributed by atoms with van der Waals surface area (Å²) in [5, 5.41) is 98.7. The van der Waals surface area contributed by atoms with E-state index in [1.165, 1.54) is 19.3 Å². The van der Waals surface area contributed by atoms with Crippen LogP contribution in [-0.2, 0) is 19.0 Å². The number of aliphatic hydroxyl groups is 10. The van der Waals surface area contributed by atoms with Crippen LogP contribution in [0.5, 0.6) is 0 Å². The Labute approximate surface area is 260 Å². The van der Waals surface area contributed by atoms with Gasteiger partial charge in [0.15, 0.2) is 6.29 Å². The largest absolute Gasteiger partial charge is 0.463 e. The molecule has 0 aromatic carbocycles. The van der Waals surface area contributed by atoms with E-state index >= 15 is 0 Å². The molecule has 0 radical (unpaired) electrons. The van der Waals surface area contributed by atoms with E-state index in [0.29, 0.717) is 19.3 Å². The van der Waals surface area contributed by atoms with Crippen molar-refractivity contribution in [2.24, 2.45) is 0 Å². The Morgan fingerprint density at radius 1 is 0.682 bits per heavy atom. The van der Waals surface area contributed by atoms with Gasteiger partial charge in [-0.15, -0.1) is 0 Å². The van der Waals surface area contributed by atoms with Crippen LogP contribution in [0.1, 0.15) is 96.8 Å². The second-order valence-corrected chi connectivity index (χ2v) is 11.8. The van der Waals surface area contributed by atoms with Crippen molar-refractivity contribution in [2.45, 2.75) is 164 Å². The Bertz CT molecular complexity index is 730. The Balaban J connectivity index is 2.26. The zero-order valence-corrected chi connectivity index (χ0v) is 26.0. The Hall–Kier alpha value is -1.01. The lowest BCUT2D eigenvalue weighted by Crippen LogP contribution is -2.60. The zero-order valence-electron chi connectivity index (χ0n) is 26.0. The van der Waals surface area contributed by atoms with Crippen molar-refractivity contribution in [1.29, 1.82) is 0 Å². The van der Waals surface area contributed by atoms with Gasteiger partial charge >= 0.3 is 5.97 Å². The van der Waals surface area contributed by atoms with Gasteiger partial charge in [0.2, 0.25) is 0 Å². The summed E-state index contributed by atoms with van der Waals surface area (Å²) in [4.78, 5) is 12.2. The lowest BCUT2D eigenvalue weighted by atomic mass is 9.99. The molecule has 0 spiro atoms. The number of carbonyl (C=O) groups is 1. The molecule has 262 valence electrons. The minimum Gasteiger partial charge on any atom is -0.463 e. The van der Waals surface area contributed by atoms with Crippen molar-refractivity contribution >= 4 is 5.97 Å². The highest BCUT2D eigenvalue weighted by atomic mass is 16.7. The molecule has 0 aromatic rings. The first-order chi connectivity index (χ1) is 20.9. The maximum atomic E-state index is 12.2. The number of rotatable bonds is 25. The first-order valence-corrected chi connectivity index (χ1v) is 16.1. The van der Waals surface area contributed by atoms with Crippen LogP contribution < -0.4 is 0 Å². The Kier molecular flexibility index (Phi) is 21.7. The number of aliphatic hydroxyl groups excluding tert-OH is 10. The quantitative estimate of drug-likeness (QED) is 0.0424. The van der Waals surface area contributed by atoms with E-state index in [0.717, 1.165) is 44.9 Å². The molecule has 1 aliphatic heterocycles. The Morgan fingerprint density at radius 3 is 1.77 bits per heavy atom. The normalized spacial score (nSPS) is 26.5. The summed E-state index contributed by atoms with van der Waals surface area (Å²) in [7, 11) is 0. The number of hydrogen-bond donors (Lipinski definition) is 10. The van der Waals surface area contributed by atoms with Crippen molar-refractivity contribution in [3.63, 3.8) is 0 Å². The molecule has 1 aliphatic rings. The predicted molar refractivity (Wildman–Crippen MR) is 157 cm³/mol. The maximum Gasteiger partial charge on any atom is 0.305 e. The molecule has 44 heavy (non-hydrogen) atoms. The smallest absolute Gasteiger partial charge is 0.305 e.